The Balaban J connectivity index is 1.29. The molecule has 0 saturated carbocycles. The molecule has 0 aromatic heterocycles. The standard InChI is InChI=1S/C28H27IN4O3/c1-30(19-14-15-31(17-19)16-18-6-3-2-4-7-18)22-11-10-21-26-20(22)8-5-9-23(26)32(27(21)35)24-12-13-25(34)33(29)28(24)36/h2-11,19,24H,12-17H2,1H3. The van der Waals surface area contributed by atoms with E-state index in [0.29, 0.717) is 18.0 Å². The highest BCUT2D eigenvalue weighted by Gasteiger charge is 2.43. The van der Waals surface area contributed by atoms with E-state index < -0.39 is 6.04 Å². The van der Waals surface area contributed by atoms with Crippen molar-refractivity contribution in [1.29, 1.82) is 0 Å². The molecular formula is C28H27IN4O3. The molecule has 0 radical (unpaired) electrons. The van der Waals surface area contributed by atoms with Crippen molar-refractivity contribution in [3.05, 3.63) is 71.8 Å². The van der Waals surface area contributed by atoms with Crippen LogP contribution < -0.4 is 9.80 Å². The highest BCUT2D eigenvalue weighted by Crippen LogP contribution is 2.44. The quantitative estimate of drug-likeness (QED) is 0.250. The van der Waals surface area contributed by atoms with Crippen LogP contribution in [0.1, 0.15) is 35.2 Å². The topological polar surface area (TPSA) is 64.2 Å². The predicted octanol–water partition coefficient (Wildman–Crippen LogP) is 4.38. The number of benzene rings is 3. The molecule has 0 N–H and O–H groups in total. The zero-order chi connectivity index (χ0) is 25.0. The number of carbonyl (C=O) groups excluding carboxylic acids is 3. The molecule has 0 spiro atoms. The summed E-state index contributed by atoms with van der Waals surface area (Å²) >= 11 is 1.75. The highest BCUT2D eigenvalue weighted by molar-refractivity contribution is 14.1. The first-order valence-corrected chi connectivity index (χ1v) is 13.3. The molecule has 3 amide bonds. The molecule has 3 aliphatic rings. The Labute approximate surface area is 224 Å². The van der Waals surface area contributed by atoms with E-state index in [1.807, 2.05) is 30.3 Å². The Morgan fingerprint density at radius 3 is 2.58 bits per heavy atom. The largest absolute Gasteiger partial charge is 0.370 e. The summed E-state index contributed by atoms with van der Waals surface area (Å²) in [6.07, 6.45) is 1.68. The fraction of sp³-hybridized carbons (Fsp3) is 0.321. The van der Waals surface area contributed by atoms with Crippen molar-refractivity contribution in [2.24, 2.45) is 0 Å². The van der Waals surface area contributed by atoms with Gasteiger partial charge in [-0.1, -0.05) is 42.5 Å². The van der Waals surface area contributed by atoms with Crippen molar-refractivity contribution in [2.75, 3.05) is 29.9 Å². The van der Waals surface area contributed by atoms with Crippen molar-refractivity contribution < 1.29 is 14.4 Å². The number of hydrogen-bond acceptors (Lipinski definition) is 5. The number of anilines is 2. The number of nitrogens with zero attached hydrogens (tertiary/aromatic N) is 4. The van der Waals surface area contributed by atoms with E-state index in [1.54, 1.807) is 27.8 Å². The van der Waals surface area contributed by atoms with Gasteiger partial charge in [-0.05, 0) is 36.6 Å². The van der Waals surface area contributed by atoms with Crippen LogP contribution in [0, 0.1) is 0 Å². The van der Waals surface area contributed by atoms with Crippen LogP contribution in [0.15, 0.2) is 60.7 Å². The van der Waals surface area contributed by atoms with Crippen LogP contribution in [-0.4, -0.2) is 58.0 Å². The monoisotopic (exact) mass is 594 g/mol. The molecule has 6 rings (SSSR count). The predicted molar refractivity (Wildman–Crippen MR) is 148 cm³/mol. The second kappa shape index (κ2) is 9.15. The van der Waals surface area contributed by atoms with Crippen LogP contribution in [0.5, 0.6) is 0 Å². The van der Waals surface area contributed by atoms with E-state index in [9.17, 15) is 14.4 Å². The molecule has 8 heteroatoms. The van der Waals surface area contributed by atoms with Crippen molar-refractivity contribution in [3.8, 4) is 0 Å². The van der Waals surface area contributed by atoms with Crippen molar-refractivity contribution in [3.63, 3.8) is 0 Å². The van der Waals surface area contributed by atoms with Gasteiger partial charge in [0.05, 0.1) is 34.1 Å². The van der Waals surface area contributed by atoms with Gasteiger partial charge in [0.2, 0.25) is 5.91 Å². The van der Waals surface area contributed by atoms with Gasteiger partial charge in [-0.15, -0.1) is 0 Å². The van der Waals surface area contributed by atoms with E-state index in [2.05, 4.69) is 47.2 Å². The summed E-state index contributed by atoms with van der Waals surface area (Å²) in [5, 5.41) is 1.92. The molecule has 3 aromatic carbocycles. The molecule has 7 nitrogen and oxygen atoms in total. The smallest absolute Gasteiger partial charge is 0.261 e. The lowest BCUT2D eigenvalue weighted by Gasteiger charge is -2.33. The lowest BCUT2D eigenvalue weighted by Crippen LogP contribution is -2.52. The molecule has 3 heterocycles. The summed E-state index contributed by atoms with van der Waals surface area (Å²) in [5.41, 5.74) is 3.81. The van der Waals surface area contributed by atoms with E-state index in [1.165, 1.54) is 5.56 Å². The molecule has 0 bridgehead atoms. The van der Waals surface area contributed by atoms with Crippen molar-refractivity contribution in [2.45, 2.75) is 37.9 Å². The highest BCUT2D eigenvalue weighted by atomic mass is 127. The zero-order valence-electron chi connectivity index (χ0n) is 20.1. The normalized spacial score (nSPS) is 22.2. The SMILES string of the molecule is CN(c1ccc2c3c(cccc13)N(C1CCC(=O)N(I)C1=O)C2=O)C1CCN(Cc2ccccc2)C1. The first kappa shape index (κ1) is 23.4. The van der Waals surface area contributed by atoms with E-state index in [-0.39, 0.29) is 24.1 Å². The first-order valence-electron chi connectivity index (χ1n) is 12.3. The summed E-state index contributed by atoms with van der Waals surface area (Å²) in [4.78, 5) is 44.9. The van der Waals surface area contributed by atoms with Gasteiger partial charge in [0.15, 0.2) is 0 Å². The second-order valence-corrected chi connectivity index (χ2v) is 10.8. The molecule has 2 atom stereocenters. The number of imide groups is 1. The maximum atomic E-state index is 13.5. The average Bonchev–Trinajstić information content (AvgIpc) is 3.47. The number of piperidine rings is 1. The first-order chi connectivity index (χ1) is 17.4. The Morgan fingerprint density at radius 2 is 1.78 bits per heavy atom. The third kappa shape index (κ3) is 3.78. The van der Waals surface area contributed by atoms with Gasteiger partial charge in [0, 0.05) is 55.6 Å². The minimum atomic E-state index is -0.660. The lowest BCUT2D eigenvalue weighted by molar-refractivity contribution is -0.140. The number of rotatable bonds is 5. The number of hydrogen-bond donors (Lipinski definition) is 0. The summed E-state index contributed by atoms with van der Waals surface area (Å²) in [6, 6.07) is 20.2. The third-order valence-electron chi connectivity index (χ3n) is 7.77. The maximum Gasteiger partial charge on any atom is 0.261 e. The van der Waals surface area contributed by atoms with E-state index in [4.69, 9.17) is 0 Å². The fourth-order valence-electron chi connectivity index (χ4n) is 5.89. The number of likely N-dealkylation sites (N-methyl/N-ethyl adjacent to an activating group) is 1. The Bertz CT molecular complexity index is 1380. The molecule has 3 aliphatic heterocycles. The summed E-state index contributed by atoms with van der Waals surface area (Å²) in [7, 11) is 2.14. The van der Waals surface area contributed by atoms with Gasteiger partial charge in [0.1, 0.15) is 6.04 Å². The minimum Gasteiger partial charge on any atom is -0.370 e. The van der Waals surface area contributed by atoms with Crippen LogP contribution in [0.25, 0.3) is 10.8 Å². The number of amides is 3. The number of carbonyl (C=O) groups is 3. The summed E-state index contributed by atoms with van der Waals surface area (Å²) in [6.45, 7) is 2.98. The number of likely N-dealkylation sites (tertiary alicyclic amines) is 1. The molecular weight excluding hydrogens is 567 g/mol. The molecule has 2 fully saturated rings. The lowest BCUT2D eigenvalue weighted by atomic mass is 10.0. The number of halogens is 1. The summed E-state index contributed by atoms with van der Waals surface area (Å²) < 4.78 is 1.13. The molecule has 0 aliphatic carbocycles. The Kier molecular flexibility index (Phi) is 5.95. The van der Waals surface area contributed by atoms with Gasteiger partial charge in [-0.2, -0.15) is 0 Å². The van der Waals surface area contributed by atoms with Crippen LogP contribution in [0.2, 0.25) is 0 Å². The van der Waals surface area contributed by atoms with Crippen LogP contribution in [0.4, 0.5) is 11.4 Å². The molecule has 2 saturated heterocycles. The minimum absolute atomic E-state index is 0.164. The van der Waals surface area contributed by atoms with Gasteiger partial charge in [-0.25, -0.2) is 3.11 Å². The van der Waals surface area contributed by atoms with E-state index in [0.717, 1.165) is 51.3 Å². The molecule has 36 heavy (non-hydrogen) atoms. The zero-order valence-corrected chi connectivity index (χ0v) is 22.2. The second-order valence-electron chi connectivity index (χ2n) is 9.85. The van der Waals surface area contributed by atoms with Gasteiger partial charge < -0.3 is 4.90 Å². The van der Waals surface area contributed by atoms with Crippen LogP contribution >= 0.6 is 22.9 Å². The molecule has 3 aromatic rings. The van der Waals surface area contributed by atoms with Crippen molar-refractivity contribution >= 4 is 62.7 Å². The van der Waals surface area contributed by atoms with E-state index >= 15 is 0 Å². The Morgan fingerprint density at radius 1 is 0.972 bits per heavy atom. The molecule has 2 unspecified atom stereocenters. The van der Waals surface area contributed by atoms with Gasteiger partial charge >= 0.3 is 0 Å². The third-order valence-corrected chi connectivity index (χ3v) is 8.78. The maximum absolute atomic E-state index is 13.5. The molecule has 184 valence electrons. The average molecular weight is 594 g/mol. The van der Waals surface area contributed by atoms with Crippen LogP contribution in [0.3, 0.4) is 0 Å². The summed E-state index contributed by atoms with van der Waals surface area (Å²) in [5.74, 6) is -0.699. The fourth-order valence-corrected chi connectivity index (χ4v) is 6.46. The van der Waals surface area contributed by atoms with Gasteiger partial charge in [-0.3, -0.25) is 24.2 Å². The van der Waals surface area contributed by atoms with Crippen LogP contribution in [-0.2, 0) is 16.1 Å². The Hall–Kier alpha value is -2.98. The van der Waals surface area contributed by atoms with Gasteiger partial charge in [0.25, 0.3) is 11.8 Å². The van der Waals surface area contributed by atoms with Crippen molar-refractivity contribution in [1.82, 2.24) is 8.01 Å².